The molecule has 13 heavy (non-hydrogen) atoms. The number of hydrogen-bond acceptors (Lipinski definition) is 3. The van der Waals surface area contributed by atoms with E-state index in [0.717, 1.165) is 0 Å². The monoisotopic (exact) mass is 194 g/mol. The lowest BCUT2D eigenvalue weighted by Gasteiger charge is -1.99. The van der Waals surface area contributed by atoms with Gasteiger partial charge < -0.3 is 20.1 Å². The minimum absolute atomic E-state index is 0.225. The van der Waals surface area contributed by atoms with Crippen LogP contribution >= 0.6 is 0 Å². The Balaban J connectivity index is -0.000000142. The maximum atomic E-state index is 9.59. The SMILES string of the molecule is C=C.CC(C)OC(=O)O.O=C(O)O. The van der Waals surface area contributed by atoms with Crippen LogP contribution < -0.4 is 0 Å². The van der Waals surface area contributed by atoms with Crippen LogP contribution in [0.15, 0.2) is 13.2 Å². The molecule has 0 heterocycles. The molecule has 78 valence electrons. The van der Waals surface area contributed by atoms with E-state index in [2.05, 4.69) is 17.9 Å². The van der Waals surface area contributed by atoms with Gasteiger partial charge in [-0.15, -0.1) is 13.2 Å². The molecule has 0 aromatic carbocycles. The Hall–Kier alpha value is -1.72. The summed E-state index contributed by atoms with van der Waals surface area (Å²) in [5.74, 6) is 0. The summed E-state index contributed by atoms with van der Waals surface area (Å²) in [5.41, 5.74) is 0. The molecule has 0 spiro atoms. The molecule has 6 nitrogen and oxygen atoms in total. The largest absolute Gasteiger partial charge is 0.506 e. The van der Waals surface area contributed by atoms with Gasteiger partial charge in [0.15, 0.2) is 0 Å². The molecule has 0 aliphatic heterocycles. The first-order valence-electron chi connectivity index (χ1n) is 3.17. The van der Waals surface area contributed by atoms with E-state index >= 15 is 0 Å². The summed E-state index contributed by atoms with van der Waals surface area (Å²) in [6.45, 7) is 9.32. The van der Waals surface area contributed by atoms with Gasteiger partial charge in [-0.3, -0.25) is 0 Å². The molecule has 0 saturated heterocycles. The fourth-order valence-electron chi connectivity index (χ4n) is 0.202. The van der Waals surface area contributed by atoms with Crippen molar-refractivity contribution in [3.63, 3.8) is 0 Å². The molecule has 0 aliphatic rings. The second kappa shape index (κ2) is 12.9. The topological polar surface area (TPSA) is 104 Å². The van der Waals surface area contributed by atoms with Crippen LogP contribution in [-0.4, -0.2) is 33.7 Å². The van der Waals surface area contributed by atoms with Gasteiger partial charge in [0.2, 0.25) is 0 Å². The van der Waals surface area contributed by atoms with Crippen molar-refractivity contribution in [3.05, 3.63) is 13.2 Å². The lowest BCUT2D eigenvalue weighted by Crippen LogP contribution is -2.07. The van der Waals surface area contributed by atoms with Gasteiger partial charge in [-0.2, -0.15) is 0 Å². The average molecular weight is 194 g/mol. The predicted molar refractivity (Wildman–Crippen MR) is 46.2 cm³/mol. The van der Waals surface area contributed by atoms with E-state index in [1.54, 1.807) is 13.8 Å². The average Bonchev–Trinajstić information content (AvgIpc) is 1.87. The van der Waals surface area contributed by atoms with Gasteiger partial charge >= 0.3 is 12.3 Å². The lowest BCUT2D eigenvalue weighted by atomic mass is 10.5. The predicted octanol–water partition coefficient (Wildman–Crippen LogP) is 2.11. The lowest BCUT2D eigenvalue weighted by molar-refractivity contribution is 0.0659. The van der Waals surface area contributed by atoms with E-state index in [9.17, 15) is 4.79 Å². The number of carboxylic acid groups (broad SMARTS) is 3. The van der Waals surface area contributed by atoms with E-state index in [0.29, 0.717) is 0 Å². The van der Waals surface area contributed by atoms with Crippen LogP contribution in [0, 0.1) is 0 Å². The smallest absolute Gasteiger partial charge is 0.450 e. The second-order valence-electron chi connectivity index (χ2n) is 1.72. The summed E-state index contributed by atoms with van der Waals surface area (Å²) in [7, 11) is 0. The van der Waals surface area contributed by atoms with Crippen molar-refractivity contribution in [3.8, 4) is 0 Å². The standard InChI is InChI=1S/C4H8O3.C2H4.CH2O3/c1-3(2)7-4(5)6;1-2;2-1(3)4/h3H,1-2H3,(H,5,6);1-2H2;(H2,2,3,4). The highest BCUT2D eigenvalue weighted by molar-refractivity contribution is 5.56. The molecular weight excluding hydrogens is 180 g/mol. The maximum absolute atomic E-state index is 9.59. The van der Waals surface area contributed by atoms with Crippen LogP contribution in [0.4, 0.5) is 9.59 Å². The van der Waals surface area contributed by atoms with Crippen LogP contribution in [0.2, 0.25) is 0 Å². The van der Waals surface area contributed by atoms with Gasteiger partial charge in [0, 0.05) is 0 Å². The molecule has 0 atom stereocenters. The van der Waals surface area contributed by atoms with Crippen LogP contribution in [0.5, 0.6) is 0 Å². The zero-order valence-corrected chi connectivity index (χ0v) is 7.56. The van der Waals surface area contributed by atoms with Crippen molar-refractivity contribution >= 4 is 12.3 Å². The van der Waals surface area contributed by atoms with Gasteiger partial charge in [-0.1, -0.05) is 0 Å². The minimum Gasteiger partial charge on any atom is -0.450 e. The van der Waals surface area contributed by atoms with E-state index in [-0.39, 0.29) is 6.10 Å². The molecule has 0 amide bonds. The number of rotatable bonds is 1. The fraction of sp³-hybridized carbons (Fsp3) is 0.429. The molecule has 3 N–H and O–H groups in total. The van der Waals surface area contributed by atoms with Gasteiger partial charge in [0.1, 0.15) is 0 Å². The van der Waals surface area contributed by atoms with Crippen molar-refractivity contribution < 1.29 is 29.6 Å². The van der Waals surface area contributed by atoms with E-state index in [4.69, 9.17) is 20.1 Å². The summed E-state index contributed by atoms with van der Waals surface area (Å²) in [4.78, 5) is 18.1. The Morgan fingerprint density at radius 3 is 1.38 bits per heavy atom. The number of carbonyl (C=O) groups is 2. The molecule has 0 saturated carbocycles. The van der Waals surface area contributed by atoms with Crippen LogP contribution in [0.1, 0.15) is 13.8 Å². The Labute approximate surface area is 76.1 Å². The first-order chi connectivity index (χ1) is 5.86. The van der Waals surface area contributed by atoms with E-state index in [1.165, 1.54) is 0 Å². The Morgan fingerprint density at radius 1 is 1.15 bits per heavy atom. The highest BCUT2D eigenvalue weighted by atomic mass is 16.7. The highest BCUT2D eigenvalue weighted by Gasteiger charge is 1.97. The third-order valence-electron chi connectivity index (χ3n) is 0.337. The van der Waals surface area contributed by atoms with Gasteiger partial charge in [-0.05, 0) is 13.8 Å². The maximum Gasteiger partial charge on any atom is 0.506 e. The summed E-state index contributed by atoms with van der Waals surface area (Å²) in [6, 6.07) is 0. The molecule has 0 aromatic heterocycles. The quantitative estimate of drug-likeness (QED) is 0.436. The minimum atomic E-state index is -1.83. The molecule has 6 heteroatoms. The van der Waals surface area contributed by atoms with Gasteiger partial charge in [0.05, 0.1) is 6.10 Å². The first-order valence-corrected chi connectivity index (χ1v) is 3.17. The Morgan fingerprint density at radius 2 is 1.38 bits per heavy atom. The van der Waals surface area contributed by atoms with Crippen molar-refractivity contribution in [2.45, 2.75) is 20.0 Å². The van der Waals surface area contributed by atoms with Crippen LogP contribution in [0.25, 0.3) is 0 Å². The molecule has 0 bridgehead atoms. The normalized spacial score (nSPS) is 7.00. The molecule has 0 aliphatic carbocycles. The Bertz CT molecular complexity index is 138. The molecule has 0 rings (SSSR count). The third-order valence-corrected chi connectivity index (χ3v) is 0.337. The first kappa shape index (κ1) is 17.4. The fourth-order valence-corrected chi connectivity index (χ4v) is 0.202. The summed E-state index contributed by atoms with van der Waals surface area (Å²) in [6.07, 6.45) is -3.27. The molecular formula is C7H14O6. The Kier molecular flexibility index (Phi) is 17.3. The van der Waals surface area contributed by atoms with Crippen molar-refractivity contribution in [1.82, 2.24) is 0 Å². The highest BCUT2D eigenvalue weighted by Crippen LogP contribution is 1.85. The zero-order valence-electron chi connectivity index (χ0n) is 7.56. The van der Waals surface area contributed by atoms with Crippen LogP contribution in [-0.2, 0) is 4.74 Å². The van der Waals surface area contributed by atoms with Crippen LogP contribution in [0.3, 0.4) is 0 Å². The van der Waals surface area contributed by atoms with E-state index < -0.39 is 12.3 Å². The summed E-state index contributed by atoms with van der Waals surface area (Å²) in [5, 5.41) is 21.8. The van der Waals surface area contributed by atoms with Gasteiger partial charge in [0.25, 0.3) is 0 Å². The van der Waals surface area contributed by atoms with Crippen molar-refractivity contribution in [2.75, 3.05) is 0 Å². The third kappa shape index (κ3) is 136. The van der Waals surface area contributed by atoms with Crippen molar-refractivity contribution in [2.24, 2.45) is 0 Å². The second-order valence-corrected chi connectivity index (χ2v) is 1.72. The van der Waals surface area contributed by atoms with Crippen molar-refractivity contribution in [1.29, 1.82) is 0 Å². The number of ether oxygens (including phenoxy) is 1. The van der Waals surface area contributed by atoms with Gasteiger partial charge in [-0.25, -0.2) is 9.59 Å². The van der Waals surface area contributed by atoms with E-state index in [1.807, 2.05) is 0 Å². The summed E-state index contributed by atoms with van der Waals surface area (Å²) >= 11 is 0. The molecule has 0 radical (unpaired) electrons. The zero-order chi connectivity index (χ0) is 11.4. The number of hydrogen-bond donors (Lipinski definition) is 3. The molecule has 0 fully saturated rings. The summed E-state index contributed by atoms with van der Waals surface area (Å²) < 4.78 is 4.17. The molecule has 0 unspecified atom stereocenters. The molecule has 0 aromatic rings.